The fourth-order valence-electron chi connectivity index (χ4n) is 1.46. The van der Waals surface area contributed by atoms with E-state index in [9.17, 15) is 0 Å². The van der Waals surface area contributed by atoms with E-state index in [1.165, 1.54) is 0 Å². The van der Waals surface area contributed by atoms with Crippen LogP contribution in [0.15, 0.2) is 6.07 Å². The molecule has 0 saturated carbocycles. The summed E-state index contributed by atoms with van der Waals surface area (Å²) < 4.78 is 16.5. The molecule has 0 unspecified atom stereocenters. The van der Waals surface area contributed by atoms with Crippen LogP contribution in [0.25, 0.3) is 0 Å². The zero-order chi connectivity index (χ0) is 12.8. The quantitative estimate of drug-likeness (QED) is 0.798. The van der Waals surface area contributed by atoms with Gasteiger partial charge in [-0.1, -0.05) is 11.6 Å². The van der Waals surface area contributed by atoms with Crippen molar-refractivity contribution in [3.63, 3.8) is 0 Å². The van der Waals surface area contributed by atoms with Gasteiger partial charge >= 0.3 is 0 Å². The first-order valence-corrected chi connectivity index (χ1v) is 6.03. The first-order chi connectivity index (χ1) is 8.15. The minimum absolute atomic E-state index is 0.427. The summed E-state index contributed by atoms with van der Waals surface area (Å²) in [7, 11) is 0. The van der Waals surface area contributed by atoms with Crippen molar-refractivity contribution in [3.05, 3.63) is 11.1 Å². The molecule has 2 N–H and O–H groups in total. The van der Waals surface area contributed by atoms with Gasteiger partial charge in [-0.25, -0.2) is 0 Å². The number of halogens is 1. The molecule has 0 aliphatic rings. The minimum Gasteiger partial charge on any atom is -0.488 e. The number of ether oxygens (including phenoxy) is 3. The van der Waals surface area contributed by atoms with Crippen LogP contribution < -0.4 is 19.9 Å². The van der Waals surface area contributed by atoms with E-state index in [1.54, 1.807) is 6.07 Å². The second-order valence-electron chi connectivity index (χ2n) is 3.23. The number of nitrogens with two attached hydrogens (primary N) is 1. The molecule has 0 aromatic heterocycles. The third kappa shape index (κ3) is 3.09. The summed E-state index contributed by atoms with van der Waals surface area (Å²) >= 11 is 6.08. The predicted molar refractivity (Wildman–Crippen MR) is 69.4 cm³/mol. The summed E-state index contributed by atoms with van der Waals surface area (Å²) in [4.78, 5) is 0. The average Bonchev–Trinajstić information content (AvgIpc) is 2.29. The highest BCUT2D eigenvalue weighted by molar-refractivity contribution is 6.32. The van der Waals surface area contributed by atoms with Gasteiger partial charge in [0.05, 0.1) is 30.5 Å². The fraction of sp³-hybridized carbons (Fsp3) is 0.500. The smallest absolute Gasteiger partial charge is 0.207 e. The zero-order valence-corrected chi connectivity index (χ0v) is 11.1. The molecule has 0 amide bonds. The van der Waals surface area contributed by atoms with Crippen LogP contribution in [0, 0.1) is 0 Å². The summed E-state index contributed by atoms with van der Waals surface area (Å²) in [6.07, 6.45) is 0. The van der Waals surface area contributed by atoms with Crippen LogP contribution in [0.5, 0.6) is 17.2 Å². The van der Waals surface area contributed by atoms with Gasteiger partial charge in [0.25, 0.3) is 0 Å². The lowest BCUT2D eigenvalue weighted by Gasteiger charge is -2.18. The molecule has 17 heavy (non-hydrogen) atoms. The molecule has 4 nitrogen and oxygen atoms in total. The molecule has 0 atom stereocenters. The Labute approximate surface area is 107 Å². The van der Waals surface area contributed by atoms with E-state index in [-0.39, 0.29) is 0 Å². The molecule has 0 bridgehead atoms. The van der Waals surface area contributed by atoms with Gasteiger partial charge in [-0.15, -0.1) is 0 Å². The Balaban J connectivity index is 3.30. The Hall–Kier alpha value is -1.29. The molecule has 0 saturated heterocycles. The molecule has 1 rings (SSSR count). The zero-order valence-electron chi connectivity index (χ0n) is 10.4. The van der Waals surface area contributed by atoms with E-state index >= 15 is 0 Å². The lowest BCUT2D eigenvalue weighted by atomic mass is 10.2. The Morgan fingerprint density at radius 1 is 0.941 bits per heavy atom. The number of benzene rings is 1. The van der Waals surface area contributed by atoms with Crippen LogP contribution in [-0.4, -0.2) is 19.8 Å². The number of hydrogen-bond donors (Lipinski definition) is 1. The van der Waals surface area contributed by atoms with Gasteiger partial charge in [-0.2, -0.15) is 0 Å². The van der Waals surface area contributed by atoms with E-state index in [1.807, 2.05) is 20.8 Å². The van der Waals surface area contributed by atoms with E-state index in [0.29, 0.717) is 47.8 Å². The third-order valence-electron chi connectivity index (χ3n) is 2.04. The Bertz CT molecular complexity index is 352. The largest absolute Gasteiger partial charge is 0.488 e. The maximum Gasteiger partial charge on any atom is 0.207 e. The highest BCUT2D eigenvalue weighted by Gasteiger charge is 2.19. The highest BCUT2D eigenvalue weighted by Crippen LogP contribution is 2.46. The minimum atomic E-state index is 0.427. The molecule has 0 aliphatic heterocycles. The van der Waals surface area contributed by atoms with Crippen molar-refractivity contribution in [3.8, 4) is 17.2 Å². The molecule has 0 heterocycles. The van der Waals surface area contributed by atoms with Crippen molar-refractivity contribution in [1.82, 2.24) is 0 Å². The van der Waals surface area contributed by atoms with E-state index in [4.69, 9.17) is 31.5 Å². The molecular weight excluding hydrogens is 242 g/mol. The first-order valence-electron chi connectivity index (χ1n) is 5.65. The second kappa shape index (κ2) is 6.45. The van der Waals surface area contributed by atoms with E-state index in [0.717, 1.165) is 0 Å². The van der Waals surface area contributed by atoms with Gasteiger partial charge in [-0.3, -0.25) is 0 Å². The maximum atomic E-state index is 6.08. The Morgan fingerprint density at radius 3 is 1.94 bits per heavy atom. The van der Waals surface area contributed by atoms with Crippen LogP contribution in [0.2, 0.25) is 5.02 Å². The number of rotatable bonds is 6. The van der Waals surface area contributed by atoms with Crippen molar-refractivity contribution >= 4 is 17.3 Å². The van der Waals surface area contributed by atoms with Gasteiger partial charge < -0.3 is 19.9 Å². The maximum absolute atomic E-state index is 6.08. The average molecular weight is 260 g/mol. The summed E-state index contributed by atoms with van der Waals surface area (Å²) in [5.41, 5.74) is 6.31. The Kier molecular flexibility index (Phi) is 5.22. The number of hydrogen-bond acceptors (Lipinski definition) is 4. The molecule has 0 radical (unpaired) electrons. The molecule has 0 fully saturated rings. The van der Waals surface area contributed by atoms with Crippen molar-refractivity contribution in [1.29, 1.82) is 0 Å². The summed E-state index contributed by atoms with van der Waals surface area (Å²) in [6.45, 7) is 7.11. The molecule has 0 spiro atoms. The highest BCUT2D eigenvalue weighted by atomic mass is 35.5. The monoisotopic (exact) mass is 259 g/mol. The van der Waals surface area contributed by atoms with Crippen molar-refractivity contribution in [2.75, 3.05) is 25.6 Å². The van der Waals surface area contributed by atoms with Gasteiger partial charge in [0.1, 0.15) is 0 Å². The van der Waals surface area contributed by atoms with Crippen molar-refractivity contribution < 1.29 is 14.2 Å². The van der Waals surface area contributed by atoms with E-state index in [2.05, 4.69) is 0 Å². The van der Waals surface area contributed by atoms with Gasteiger partial charge in [-0.05, 0) is 26.8 Å². The second-order valence-corrected chi connectivity index (χ2v) is 3.64. The van der Waals surface area contributed by atoms with Gasteiger partial charge in [0.2, 0.25) is 5.75 Å². The third-order valence-corrected chi connectivity index (χ3v) is 2.32. The van der Waals surface area contributed by atoms with E-state index < -0.39 is 0 Å². The van der Waals surface area contributed by atoms with Crippen LogP contribution in [0.3, 0.4) is 0 Å². The lowest BCUT2D eigenvalue weighted by Crippen LogP contribution is -2.05. The van der Waals surface area contributed by atoms with Gasteiger partial charge in [0.15, 0.2) is 11.5 Å². The first kappa shape index (κ1) is 13.8. The topological polar surface area (TPSA) is 53.7 Å². The standard InChI is InChI=1S/C12H18ClNO3/c1-4-15-10-8(13)7-9(14)11(16-5-2)12(10)17-6-3/h7H,4-6,14H2,1-3H3. The molecule has 5 heteroatoms. The predicted octanol–water partition coefficient (Wildman–Crippen LogP) is 3.12. The molecule has 1 aromatic rings. The van der Waals surface area contributed by atoms with Crippen LogP contribution in [0.1, 0.15) is 20.8 Å². The number of anilines is 1. The van der Waals surface area contributed by atoms with Crippen LogP contribution in [0.4, 0.5) is 5.69 Å². The SMILES string of the molecule is CCOc1c(N)cc(Cl)c(OCC)c1OCC. The van der Waals surface area contributed by atoms with Crippen LogP contribution >= 0.6 is 11.6 Å². The summed E-state index contributed by atoms with van der Waals surface area (Å²) in [5, 5.41) is 0.427. The van der Waals surface area contributed by atoms with Crippen LogP contribution in [-0.2, 0) is 0 Å². The lowest BCUT2D eigenvalue weighted by molar-refractivity contribution is 0.262. The fourth-order valence-corrected chi connectivity index (χ4v) is 1.72. The van der Waals surface area contributed by atoms with Gasteiger partial charge in [0, 0.05) is 0 Å². The molecule has 1 aromatic carbocycles. The summed E-state index contributed by atoms with van der Waals surface area (Å²) in [5.74, 6) is 1.44. The normalized spacial score (nSPS) is 10.1. The van der Waals surface area contributed by atoms with Crippen molar-refractivity contribution in [2.24, 2.45) is 0 Å². The van der Waals surface area contributed by atoms with Crippen molar-refractivity contribution in [2.45, 2.75) is 20.8 Å². The molecule has 96 valence electrons. The number of nitrogen functional groups attached to an aromatic ring is 1. The molecular formula is C12H18ClNO3. The summed E-state index contributed by atoms with van der Waals surface area (Å²) in [6, 6.07) is 1.61. The Morgan fingerprint density at radius 2 is 1.41 bits per heavy atom. The molecule has 0 aliphatic carbocycles.